The number of aryl methyl sites for hydroxylation is 1. The van der Waals surface area contributed by atoms with E-state index in [2.05, 4.69) is 27.0 Å². The molecule has 1 atom stereocenters. The number of nitrogens with zero attached hydrogens (tertiary/aromatic N) is 4. The fourth-order valence-electron chi connectivity index (χ4n) is 2.44. The van der Waals surface area contributed by atoms with Crippen LogP contribution in [-0.4, -0.2) is 39.1 Å². The van der Waals surface area contributed by atoms with Gasteiger partial charge in [-0.25, -0.2) is 9.48 Å². The fraction of sp³-hybridized carbons (Fsp3) is 0.450. The van der Waals surface area contributed by atoms with E-state index >= 15 is 0 Å². The van der Waals surface area contributed by atoms with Crippen molar-refractivity contribution in [1.82, 2.24) is 25.6 Å². The summed E-state index contributed by atoms with van der Waals surface area (Å²) in [7, 11) is 0. The molecule has 0 radical (unpaired) electrons. The van der Waals surface area contributed by atoms with Crippen molar-refractivity contribution in [3.63, 3.8) is 0 Å². The molecule has 1 unspecified atom stereocenters. The van der Waals surface area contributed by atoms with Gasteiger partial charge in [0.05, 0.1) is 18.8 Å². The van der Waals surface area contributed by atoms with Gasteiger partial charge in [0.25, 0.3) is 5.91 Å². The molecule has 1 aromatic carbocycles. The lowest BCUT2D eigenvalue weighted by Crippen LogP contribution is -2.34. The van der Waals surface area contributed by atoms with Gasteiger partial charge in [-0.05, 0) is 38.3 Å². The molecule has 9 nitrogen and oxygen atoms in total. The maximum atomic E-state index is 12.4. The van der Waals surface area contributed by atoms with Crippen LogP contribution in [-0.2, 0) is 17.7 Å². The van der Waals surface area contributed by atoms with Crippen LogP contribution in [0.3, 0.4) is 0 Å². The summed E-state index contributed by atoms with van der Waals surface area (Å²) in [6.45, 7) is 7.97. The lowest BCUT2D eigenvalue weighted by Gasteiger charge is -2.19. The molecule has 2 N–H and O–H groups in total. The molecule has 0 fully saturated rings. The highest BCUT2D eigenvalue weighted by Crippen LogP contribution is 2.14. The Morgan fingerprint density at radius 3 is 2.55 bits per heavy atom. The molecule has 0 aliphatic heterocycles. The van der Waals surface area contributed by atoms with E-state index in [9.17, 15) is 14.9 Å². The van der Waals surface area contributed by atoms with E-state index in [0.29, 0.717) is 12.1 Å². The Labute approximate surface area is 170 Å². The molecule has 2 amide bonds. The summed E-state index contributed by atoms with van der Waals surface area (Å²) in [5.41, 5.74) is 1.37. The summed E-state index contributed by atoms with van der Waals surface area (Å²) in [5, 5.41) is 22.3. The molecule has 0 saturated carbocycles. The third kappa shape index (κ3) is 6.92. The van der Waals surface area contributed by atoms with Crippen molar-refractivity contribution in [2.75, 3.05) is 6.54 Å². The van der Waals surface area contributed by atoms with E-state index in [-0.39, 0.29) is 12.2 Å². The summed E-state index contributed by atoms with van der Waals surface area (Å²) in [6, 6.07) is 8.81. The number of carbonyl (C=O) groups is 2. The van der Waals surface area contributed by atoms with Crippen LogP contribution in [0.1, 0.15) is 55.4 Å². The molecule has 0 aliphatic carbocycles. The zero-order valence-corrected chi connectivity index (χ0v) is 17.1. The normalized spacial score (nSPS) is 12.0. The number of hydrogen-bond donors (Lipinski definition) is 2. The Hall–Kier alpha value is -3.41. The highest BCUT2D eigenvalue weighted by atomic mass is 16.6. The van der Waals surface area contributed by atoms with E-state index in [4.69, 9.17) is 4.74 Å². The summed E-state index contributed by atoms with van der Waals surface area (Å²) >= 11 is 0. The Morgan fingerprint density at radius 2 is 1.97 bits per heavy atom. The van der Waals surface area contributed by atoms with Crippen molar-refractivity contribution >= 4 is 12.0 Å². The van der Waals surface area contributed by atoms with Gasteiger partial charge in [0.1, 0.15) is 11.6 Å². The SMILES string of the molecule is CCc1ccc(C(C#N)NC(=O)c2cn(CCNC(=O)OC(C)(C)C)nn2)cc1. The third-order valence-electron chi connectivity index (χ3n) is 3.91. The number of ether oxygens (including phenoxy) is 1. The number of rotatable bonds is 7. The maximum Gasteiger partial charge on any atom is 0.407 e. The fourth-order valence-corrected chi connectivity index (χ4v) is 2.44. The van der Waals surface area contributed by atoms with Crippen molar-refractivity contribution in [3.05, 3.63) is 47.3 Å². The Kier molecular flexibility index (Phi) is 7.31. The number of amides is 2. The summed E-state index contributed by atoms with van der Waals surface area (Å²) in [6.07, 6.45) is 1.83. The van der Waals surface area contributed by atoms with Crippen molar-refractivity contribution in [1.29, 1.82) is 5.26 Å². The van der Waals surface area contributed by atoms with E-state index < -0.39 is 23.6 Å². The topological polar surface area (TPSA) is 122 Å². The second-order valence-corrected chi connectivity index (χ2v) is 7.43. The molecular weight excluding hydrogens is 372 g/mol. The summed E-state index contributed by atoms with van der Waals surface area (Å²) in [4.78, 5) is 24.0. The molecule has 2 rings (SSSR count). The van der Waals surface area contributed by atoms with Crippen LogP contribution in [0.25, 0.3) is 0 Å². The van der Waals surface area contributed by atoms with Crippen LogP contribution >= 0.6 is 0 Å². The average molecular weight is 398 g/mol. The van der Waals surface area contributed by atoms with Gasteiger partial charge in [-0.3, -0.25) is 4.79 Å². The smallest absolute Gasteiger partial charge is 0.407 e. The number of benzene rings is 1. The molecular formula is C20H26N6O3. The van der Waals surface area contributed by atoms with Crippen molar-refractivity contribution in [3.8, 4) is 6.07 Å². The van der Waals surface area contributed by atoms with Crippen molar-refractivity contribution in [2.45, 2.75) is 52.3 Å². The van der Waals surface area contributed by atoms with Crippen molar-refractivity contribution < 1.29 is 14.3 Å². The molecule has 2 aromatic rings. The second kappa shape index (κ2) is 9.68. The molecule has 1 aromatic heterocycles. The molecule has 0 saturated heterocycles. The number of nitriles is 1. The predicted molar refractivity (Wildman–Crippen MR) is 106 cm³/mol. The van der Waals surface area contributed by atoms with Gasteiger partial charge >= 0.3 is 6.09 Å². The highest BCUT2D eigenvalue weighted by Gasteiger charge is 2.18. The number of carbonyl (C=O) groups excluding carboxylic acids is 2. The number of aromatic nitrogens is 3. The van der Waals surface area contributed by atoms with Gasteiger partial charge in [-0.1, -0.05) is 36.4 Å². The predicted octanol–water partition coefficient (Wildman–Crippen LogP) is 2.36. The van der Waals surface area contributed by atoms with Crippen LogP contribution in [0, 0.1) is 11.3 Å². The van der Waals surface area contributed by atoms with Gasteiger partial charge in [-0.15, -0.1) is 5.10 Å². The van der Waals surface area contributed by atoms with Crippen molar-refractivity contribution in [2.24, 2.45) is 0 Å². The first-order valence-corrected chi connectivity index (χ1v) is 9.38. The van der Waals surface area contributed by atoms with E-state index in [1.807, 2.05) is 31.2 Å². The Bertz CT molecular complexity index is 877. The lowest BCUT2D eigenvalue weighted by atomic mass is 10.0. The van der Waals surface area contributed by atoms with Gasteiger partial charge in [0.15, 0.2) is 5.69 Å². The second-order valence-electron chi connectivity index (χ2n) is 7.43. The molecule has 9 heteroatoms. The molecule has 154 valence electrons. The Morgan fingerprint density at radius 1 is 1.28 bits per heavy atom. The number of hydrogen-bond acceptors (Lipinski definition) is 6. The van der Waals surface area contributed by atoms with Crippen LogP contribution in [0.15, 0.2) is 30.5 Å². The van der Waals surface area contributed by atoms with Gasteiger partial charge in [0, 0.05) is 6.54 Å². The summed E-state index contributed by atoms with van der Waals surface area (Å²) in [5.74, 6) is -0.498. The largest absolute Gasteiger partial charge is 0.444 e. The first kappa shape index (κ1) is 21.9. The monoisotopic (exact) mass is 398 g/mol. The standard InChI is InChI=1S/C20H26N6O3/c1-5-14-6-8-15(9-7-14)16(12-21)23-18(27)17-13-26(25-24-17)11-10-22-19(28)29-20(2,3)4/h6-9,13,16H,5,10-11H2,1-4H3,(H,22,28)(H,23,27). The van der Waals surface area contributed by atoms with Gasteiger partial charge in [-0.2, -0.15) is 5.26 Å². The maximum absolute atomic E-state index is 12.4. The van der Waals surface area contributed by atoms with Crippen LogP contribution < -0.4 is 10.6 Å². The minimum absolute atomic E-state index is 0.0905. The first-order chi connectivity index (χ1) is 13.7. The summed E-state index contributed by atoms with van der Waals surface area (Å²) < 4.78 is 6.58. The molecule has 0 aliphatic rings. The van der Waals surface area contributed by atoms with Gasteiger partial charge < -0.3 is 15.4 Å². The molecule has 1 heterocycles. The zero-order chi connectivity index (χ0) is 21.4. The van der Waals surface area contributed by atoms with E-state index in [1.54, 1.807) is 20.8 Å². The zero-order valence-electron chi connectivity index (χ0n) is 17.1. The molecule has 0 bridgehead atoms. The number of alkyl carbamates (subject to hydrolysis) is 1. The van der Waals surface area contributed by atoms with E-state index in [0.717, 1.165) is 12.0 Å². The minimum atomic E-state index is -0.785. The van der Waals surface area contributed by atoms with Crippen LogP contribution in [0.4, 0.5) is 4.79 Å². The Balaban J connectivity index is 1.89. The highest BCUT2D eigenvalue weighted by molar-refractivity contribution is 5.92. The lowest BCUT2D eigenvalue weighted by molar-refractivity contribution is 0.0525. The minimum Gasteiger partial charge on any atom is -0.444 e. The average Bonchev–Trinajstić information content (AvgIpc) is 3.13. The quantitative estimate of drug-likeness (QED) is 0.738. The van der Waals surface area contributed by atoms with E-state index in [1.165, 1.54) is 10.9 Å². The first-order valence-electron chi connectivity index (χ1n) is 9.38. The third-order valence-corrected chi connectivity index (χ3v) is 3.91. The van der Waals surface area contributed by atoms with Crippen LogP contribution in [0.5, 0.6) is 0 Å². The van der Waals surface area contributed by atoms with Gasteiger partial charge in [0.2, 0.25) is 0 Å². The molecule has 0 spiro atoms. The number of nitrogens with one attached hydrogen (secondary N) is 2. The van der Waals surface area contributed by atoms with Crippen LogP contribution in [0.2, 0.25) is 0 Å². The molecule has 29 heavy (non-hydrogen) atoms.